The Balaban J connectivity index is 1.42. The van der Waals surface area contributed by atoms with Crippen LogP contribution in [0.1, 0.15) is 49.1 Å². The van der Waals surface area contributed by atoms with E-state index in [1.165, 1.54) is 36.4 Å². The van der Waals surface area contributed by atoms with Crippen molar-refractivity contribution in [1.82, 2.24) is 4.72 Å². The molecule has 0 aliphatic heterocycles. The van der Waals surface area contributed by atoms with Gasteiger partial charge in [-0.25, -0.2) is 17.9 Å². The van der Waals surface area contributed by atoms with Crippen molar-refractivity contribution in [3.8, 4) is 0 Å². The first-order valence-electron chi connectivity index (χ1n) is 10.6. The third-order valence-electron chi connectivity index (χ3n) is 5.26. The molecule has 35 heavy (non-hydrogen) atoms. The molecule has 3 aromatic carbocycles. The predicted molar refractivity (Wildman–Crippen MR) is 126 cm³/mol. The maximum Gasteiger partial charge on any atom is 0.338 e. The maximum atomic E-state index is 12.8. The van der Waals surface area contributed by atoms with Crippen molar-refractivity contribution in [1.29, 1.82) is 0 Å². The van der Waals surface area contributed by atoms with Crippen molar-refractivity contribution in [2.24, 2.45) is 0 Å². The summed E-state index contributed by atoms with van der Waals surface area (Å²) in [6, 6.07) is 16.1. The van der Waals surface area contributed by atoms with Gasteiger partial charge in [0.25, 0.3) is 5.91 Å². The fraction of sp³-hybridized carbons (Fsp3) is 0.120. The van der Waals surface area contributed by atoms with E-state index in [1.54, 1.807) is 31.2 Å². The van der Waals surface area contributed by atoms with E-state index in [9.17, 15) is 27.6 Å². The molecule has 1 aliphatic rings. The van der Waals surface area contributed by atoms with Crippen LogP contribution in [-0.2, 0) is 19.6 Å². The molecule has 10 heteroatoms. The molecule has 0 spiro atoms. The third-order valence-corrected chi connectivity index (χ3v) is 6.80. The molecule has 0 saturated carbocycles. The molecule has 0 fully saturated rings. The quantitative estimate of drug-likeness (QED) is 0.379. The second-order valence-electron chi connectivity index (χ2n) is 7.62. The van der Waals surface area contributed by atoms with E-state index in [1.807, 2.05) is 0 Å². The number of anilines is 1. The minimum Gasteiger partial charge on any atom is -0.452 e. The van der Waals surface area contributed by atoms with Gasteiger partial charge in [-0.2, -0.15) is 0 Å². The van der Waals surface area contributed by atoms with Crippen LogP contribution in [0.3, 0.4) is 0 Å². The summed E-state index contributed by atoms with van der Waals surface area (Å²) in [4.78, 5) is 50.1. The smallest absolute Gasteiger partial charge is 0.338 e. The lowest BCUT2D eigenvalue weighted by Gasteiger charge is -2.18. The van der Waals surface area contributed by atoms with Crippen LogP contribution in [0, 0.1) is 0 Å². The number of ether oxygens (including phenoxy) is 1. The van der Waals surface area contributed by atoms with Crippen molar-refractivity contribution in [2.45, 2.75) is 11.8 Å². The molecule has 0 aromatic heterocycles. The van der Waals surface area contributed by atoms with E-state index in [4.69, 9.17) is 4.74 Å². The van der Waals surface area contributed by atoms with Gasteiger partial charge in [0.05, 0.1) is 10.5 Å². The zero-order chi connectivity index (χ0) is 25.2. The Morgan fingerprint density at radius 3 is 2.17 bits per heavy atom. The number of carbonyl (C=O) groups excluding carboxylic acids is 4. The SMILES string of the molecule is CCNS(=O)(=O)c1cccc(C(=O)OCC(=O)Nc2ccc3c(c2)C(=O)c2ccccc2C3=O)c1. The molecule has 0 radical (unpaired) electrons. The molecule has 1 amide bonds. The normalized spacial score (nSPS) is 12.5. The standard InChI is InChI=1S/C25H20N2O7S/c1-2-26-35(32,33)17-7-5-6-15(12-17)25(31)34-14-22(28)27-16-10-11-20-21(13-16)24(30)19-9-4-3-8-18(19)23(20)29/h3-13,26H,2,14H2,1H3,(H,27,28). The molecule has 1 aliphatic carbocycles. The highest BCUT2D eigenvalue weighted by Crippen LogP contribution is 2.29. The molecule has 178 valence electrons. The largest absolute Gasteiger partial charge is 0.452 e. The summed E-state index contributed by atoms with van der Waals surface area (Å²) in [6.07, 6.45) is 0. The fourth-order valence-corrected chi connectivity index (χ4v) is 4.74. The first-order chi connectivity index (χ1) is 16.7. The average molecular weight is 493 g/mol. The van der Waals surface area contributed by atoms with Crippen LogP contribution in [0.4, 0.5) is 5.69 Å². The number of nitrogens with one attached hydrogen (secondary N) is 2. The summed E-state index contributed by atoms with van der Waals surface area (Å²) in [6.45, 7) is 1.17. The van der Waals surface area contributed by atoms with Gasteiger partial charge < -0.3 is 10.1 Å². The van der Waals surface area contributed by atoms with Gasteiger partial charge in [0.2, 0.25) is 10.0 Å². The Kier molecular flexibility index (Phi) is 6.59. The van der Waals surface area contributed by atoms with Gasteiger partial charge in [0, 0.05) is 34.5 Å². The van der Waals surface area contributed by atoms with Gasteiger partial charge in [0.15, 0.2) is 18.2 Å². The number of carbonyl (C=O) groups is 4. The van der Waals surface area contributed by atoms with Crippen molar-refractivity contribution in [3.05, 3.63) is 94.5 Å². The number of sulfonamides is 1. The lowest BCUT2D eigenvalue weighted by atomic mass is 9.84. The Morgan fingerprint density at radius 2 is 1.49 bits per heavy atom. The molecule has 0 unspecified atom stereocenters. The molecule has 0 bridgehead atoms. The molecular formula is C25H20N2O7S. The molecule has 3 aromatic rings. The summed E-state index contributed by atoms with van der Waals surface area (Å²) in [5, 5.41) is 2.53. The van der Waals surface area contributed by atoms with Gasteiger partial charge >= 0.3 is 5.97 Å². The second kappa shape index (κ2) is 9.61. The van der Waals surface area contributed by atoms with Gasteiger partial charge in [-0.1, -0.05) is 37.3 Å². The van der Waals surface area contributed by atoms with Gasteiger partial charge in [0.1, 0.15) is 0 Å². The topological polar surface area (TPSA) is 136 Å². The monoisotopic (exact) mass is 492 g/mol. The van der Waals surface area contributed by atoms with Crippen LogP contribution < -0.4 is 10.0 Å². The number of rotatable bonds is 7. The highest BCUT2D eigenvalue weighted by atomic mass is 32.2. The molecule has 9 nitrogen and oxygen atoms in total. The third kappa shape index (κ3) is 4.88. The Bertz CT molecular complexity index is 1480. The Morgan fingerprint density at radius 1 is 0.829 bits per heavy atom. The van der Waals surface area contributed by atoms with Crippen LogP contribution in [0.5, 0.6) is 0 Å². The van der Waals surface area contributed by atoms with Crippen LogP contribution in [-0.4, -0.2) is 45.0 Å². The summed E-state index contributed by atoms with van der Waals surface area (Å²) < 4.78 is 31.6. The molecular weight excluding hydrogens is 472 g/mol. The first-order valence-corrected chi connectivity index (χ1v) is 12.1. The summed E-state index contributed by atoms with van der Waals surface area (Å²) in [7, 11) is -3.76. The maximum absolute atomic E-state index is 12.8. The molecule has 4 rings (SSSR count). The van der Waals surface area contributed by atoms with Crippen LogP contribution >= 0.6 is 0 Å². The molecule has 0 heterocycles. The van der Waals surface area contributed by atoms with E-state index in [0.29, 0.717) is 11.1 Å². The Hall–Kier alpha value is -4.15. The molecule has 0 atom stereocenters. The number of benzene rings is 3. The number of hydrogen-bond acceptors (Lipinski definition) is 7. The minimum atomic E-state index is -3.76. The van der Waals surface area contributed by atoms with Gasteiger partial charge in [-0.05, 0) is 36.4 Å². The van der Waals surface area contributed by atoms with Crippen molar-refractivity contribution >= 4 is 39.2 Å². The number of amides is 1. The van der Waals surface area contributed by atoms with E-state index in [-0.39, 0.29) is 45.4 Å². The van der Waals surface area contributed by atoms with Gasteiger partial charge in [-0.3, -0.25) is 14.4 Å². The van der Waals surface area contributed by atoms with E-state index < -0.39 is 28.5 Å². The van der Waals surface area contributed by atoms with Gasteiger partial charge in [-0.15, -0.1) is 0 Å². The zero-order valence-corrected chi connectivity index (χ0v) is 19.3. The molecule has 0 saturated heterocycles. The number of ketones is 2. The van der Waals surface area contributed by atoms with Crippen molar-refractivity contribution in [2.75, 3.05) is 18.5 Å². The molecule has 2 N–H and O–H groups in total. The van der Waals surface area contributed by atoms with Crippen LogP contribution in [0.25, 0.3) is 0 Å². The van der Waals surface area contributed by atoms with Crippen LogP contribution in [0.2, 0.25) is 0 Å². The lowest BCUT2D eigenvalue weighted by Crippen LogP contribution is -2.24. The van der Waals surface area contributed by atoms with E-state index >= 15 is 0 Å². The fourth-order valence-electron chi connectivity index (χ4n) is 3.65. The lowest BCUT2D eigenvalue weighted by molar-refractivity contribution is -0.119. The second-order valence-corrected chi connectivity index (χ2v) is 9.38. The summed E-state index contributed by atoms with van der Waals surface area (Å²) in [5.74, 6) is -2.16. The van der Waals surface area contributed by atoms with Crippen LogP contribution in [0.15, 0.2) is 71.6 Å². The van der Waals surface area contributed by atoms with E-state index in [0.717, 1.165) is 6.07 Å². The highest BCUT2D eigenvalue weighted by molar-refractivity contribution is 7.89. The minimum absolute atomic E-state index is 0.0340. The number of hydrogen-bond donors (Lipinski definition) is 2. The average Bonchev–Trinajstić information content (AvgIpc) is 2.86. The number of fused-ring (bicyclic) bond motifs is 2. The summed E-state index contributed by atoms with van der Waals surface area (Å²) >= 11 is 0. The Labute approximate surface area is 201 Å². The van der Waals surface area contributed by atoms with Crippen molar-refractivity contribution < 1.29 is 32.3 Å². The highest BCUT2D eigenvalue weighted by Gasteiger charge is 2.29. The zero-order valence-electron chi connectivity index (χ0n) is 18.5. The summed E-state index contributed by atoms with van der Waals surface area (Å²) in [5.41, 5.74) is 1.25. The van der Waals surface area contributed by atoms with Crippen molar-refractivity contribution in [3.63, 3.8) is 0 Å². The predicted octanol–water partition coefficient (Wildman–Crippen LogP) is 2.56. The number of esters is 1. The first kappa shape index (κ1) is 24.0. The van der Waals surface area contributed by atoms with E-state index in [2.05, 4.69) is 10.0 Å².